The zero-order valence-corrected chi connectivity index (χ0v) is 44.0. The smallest absolute Gasteiger partial charge is 0.328 e. The average Bonchev–Trinajstić information content (AvgIpc) is 3.34. The highest BCUT2D eigenvalue weighted by Crippen LogP contribution is 2.24. The number of rotatable bonds is 15. The van der Waals surface area contributed by atoms with E-state index in [2.05, 4.69) is 36.2 Å². The lowest BCUT2D eigenvalue weighted by Gasteiger charge is -2.38. The molecular weight excluding hydrogens is 1010 g/mol. The predicted octanol–water partition coefficient (Wildman–Crippen LogP) is 6.02. The van der Waals surface area contributed by atoms with Crippen molar-refractivity contribution >= 4 is 96.0 Å². The molecule has 5 amide bonds. The summed E-state index contributed by atoms with van der Waals surface area (Å²) in [6.07, 6.45) is 30.0. The second-order valence-corrected chi connectivity index (χ2v) is 17.5. The number of halogens is 2. The summed E-state index contributed by atoms with van der Waals surface area (Å²) in [4.78, 5) is 84.3. The number of amides is 5. The highest BCUT2D eigenvalue weighted by molar-refractivity contribution is 5.96. The number of aryl methyl sites for hydroxylation is 3. The highest BCUT2D eigenvalue weighted by atomic mass is 35.5. The summed E-state index contributed by atoms with van der Waals surface area (Å²) < 4.78 is 16.5. The van der Waals surface area contributed by atoms with E-state index in [9.17, 15) is 28.8 Å². The van der Waals surface area contributed by atoms with Gasteiger partial charge in [-0.1, -0.05) is 36.5 Å². The number of aromatic nitrogens is 3. The van der Waals surface area contributed by atoms with Crippen LogP contribution in [-0.2, 0) is 62.2 Å². The van der Waals surface area contributed by atoms with Crippen molar-refractivity contribution < 1.29 is 48.1 Å². The fourth-order valence-corrected chi connectivity index (χ4v) is 7.50. The summed E-state index contributed by atoms with van der Waals surface area (Å²) in [6, 6.07) is 5.76. The van der Waals surface area contributed by atoms with Crippen molar-refractivity contribution in [2.24, 2.45) is 0 Å². The van der Waals surface area contributed by atoms with Crippen molar-refractivity contribution in [3.63, 3.8) is 0 Å². The molecule has 6 aliphatic heterocycles. The Hall–Kier alpha value is -6.87. The summed E-state index contributed by atoms with van der Waals surface area (Å²) in [5.74, 6) is 0.745. The number of aliphatic carboxylic acids is 1. The maximum atomic E-state index is 12.1. The first-order valence-electron chi connectivity index (χ1n) is 24.5. The number of nitrogens with zero attached hydrogens (tertiary/aromatic N) is 5. The Morgan fingerprint density at radius 3 is 1.19 bits per heavy atom. The van der Waals surface area contributed by atoms with Gasteiger partial charge in [0.05, 0.1) is 38.1 Å². The van der Waals surface area contributed by atoms with Crippen LogP contribution in [-0.4, -0.2) is 143 Å². The first-order valence-corrected chi connectivity index (χ1v) is 24.5. The Balaban J connectivity index is 0.000000225. The number of fused-ring (bicyclic) bond motifs is 3. The van der Waals surface area contributed by atoms with Crippen LogP contribution in [0, 0.1) is 0 Å². The third-order valence-corrected chi connectivity index (χ3v) is 11.9. The van der Waals surface area contributed by atoms with E-state index in [1.54, 1.807) is 46.5 Å². The molecule has 3 aromatic heterocycles. The molecule has 9 rings (SSSR count). The van der Waals surface area contributed by atoms with Crippen molar-refractivity contribution in [2.75, 3.05) is 75.0 Å². The van der Waals surface area contributed by atoms with Crippen LogP contribution in [0.1, 0.15) is 73.4 Å². The van der Waals surface area contributed by atoms with E-state index in [4.69, 9.17) is 19.3 Å². The lowest BCUT2D eigenvalue weighted by Crippen LogP contribution is -2.54. The Kier molecular flexibility index (Phi) is 25.7. The minimum atomic E-state index is -0.994. The normalized spacial score (nSPS) is 17.0. The largest absolute Gasteiger partial charge is 0.478 e. The number of pyridine rings is 3. The number of anilines is 3. The molecule has 0 atom stereocenters. The van der Waals surface area contributed by atoms with Gasteiger partial charge in [-0.15, -0.1) is 24.8 Å². The Morgan fingerprint density at radius 2 is 0.880 bits per heavy atom. The molecular formula is C54H67Cl2N9O10. The first kappa shape index (κ1) is 60.7. The van der Waals surface area contributed by atoms with Crippen molar-refractivity contribution in [1.82, 2.24) is 30.1 Å². The van der Waals surface area contributed by atoms with Crippen molar-refractivity contribution in [2.45, 2.75) is 77.6 Å². The minimum Gasteiger partial charge on any atom is -0.478 e. The molecule has 0 bridgehead atoms. The molecule has 402 valence electrons. The van der Waals surface area contributed by atoms with Gasteiger partial charge in [0.1, 0.15) is 17.5 Å². The molecule has 9 heterocycles. The second-order valence-electron chi connectivity index (χ2n) is 17.5. The predicted molar refractivity (Wildman–Crippen MR) is 292 cm³/mol. The number of hydrogen-bond donors (Lipinski definition) is 5. The molecule has 6 aliphatic rings. The summed E-state index contributed by atoms with van der Waals surface area (Å²) in [6.45, 7) is 12.4. The van der Waals surface area contributed by atoms with Crippen LogP contribution in [0.5, 0.6) is 0 Å². The molecule has 0 saturated carbocycles. The van der Waals surface area contributed by atoms with Gasteiger partial charge in [0.2, 0.25) is 29.5 Å². The fraction of sp³-hybridized carbons (Fsp3) is 0.389. The number of hydrogen-bond acceptors (Lipinski definition) is 13. The monoisotopic (exact) mass is 1070 g/mol. The van der Waals surface area contributed by atoms with E-state index < -0.39 is 5.97 Å². The van der Waals surface area contributed by atoms with Crippen LogP contribution in [0.3, 0.4) is 0 Å². The number of carbonyl (C=O) groups is 6. The zero-order valence-electron chi connectivity index (χ0n) is 42.4. The average molecular weight is 1070 g/mol. The molecule has 0 aromatic carbocycles. The van der Waals surface area contributed by atoms with E-state index in [0.29, 0.717) is 101 Å². The van der Waals surface area contributed by atoms with Gasteiger partial charge in [-0.2, -0.15) is 0 Å². The van der Waals surface area contributed by atoms with Crippen LogP contribution in [0.15, 0.2) is 91.5 Å². The fourth-order valence-electron chi connectivity index (χ4n) is 7.50. The third kappa shape index (κ3) is 20.1. The first-order chi connectivity index (χ1) is 35.4. The number of carboxylic acids is 1. The van der Waals surface area contributed by atoms with E-state index >= 15 is 0 Å². The van der Waals surface area contributed by atoms with Crippen LogP contribution in [0.2, 0.25) is 0 Å². The van der Waals surface area contributed by atoms with Crippen molar-refractivity contribution in [3.8, 4) is 0 Å². The molecule has 3 fully saturated rings. The molecule has 19 nitrogen and oxygen atoms in total. The van der Waals surface area contributed by atoms with Crippen LogP contribution in [0.4, 0.5) is 17.5 Å². The number of likely N-dealkylation sites (tertiary alicyclic amines) is 2. The minimum absolute atomic E-state index is 0. The number of allylic oxidation sites excluding steroid dienone is 3. The number of carbonyl (C=O) groups excluding carboxylic acids is 5. The van der Waals surface area contributed by atoms with E-state index in [-0.39, 0.29) is 66.6 Å². The van der Waals surface area contributed by atoms with Gasteiger partial charge in [0, 0.05) is 95.3 Å². The van der Waals surface area contributed by atoms with E-state index in [1.165, 1.54) is 12.3 Å². The number of nitrogens with one attached hydrogen (secondary N) is 4. The maximum Gasteiger partial charge on any atom is 0.328 e. The van der Waals surface area contributed by atoms with Gasteiger partial charge in [0.25, 0.3) is 0 Å². The Labute approximate surface area is 449 Å². The van der Waals surface area contributed by atoms with E-state index in [1.807, 2.05) is 75.4 Å². The zero-order chi connectivity index (χ0) is 52.0. The van der Waals surface area contributed by atoms with Gasteiger partial charge in [-0.05, 0) is 110 Å². The molecule has 5 N–H and O–H groups in total. The third-order valence-electron chi connectivity index (χ3n) is 11.9. The van der Waals surface area contributed by atoms with E-state index in [0.717, 1.165) is 59.2 Å². The van der Waals surface area contributed by atoms with Crippen molar-refractivity contribution in [1.29, 1.82) is 0 Å². The second kappa shape index (κ2) is 31.8. The van der Waals surface area contributed by atoms with Crippen LogP contribution < -0.4 is 21.3 Å². The van der Waals surface area contributed by atoms with Crippen LogP contribution >= 0.6 is 24.8 Å². The van der Waals surface area contributed by atoms with Gasteiger partial charge in [-0.25, -0.2) is 19.7 Å². The van der Waals surface area contributed by atoms with Crippen LogP contribution in [0.25, 0.3) is 18.2 Å². The molecule has 75 heavy (non-hydrogen) atoms. The molecule has 0 unspecified atom stereocenters. The molecule has 0 spiro atoms. The lowest BCUT2D eigenvalue weighted by atomic mass is 10.0. The topological polar surface area (TPSA) is 244 Å². The van der Waals surface area contributed by atoms with Gasteiger partial charge in [-0.3, -0.25) is 24.0 Å². The van der Waals surface area contributed by atoms with Gasteiger partial charge in [0.15, 0.2) is 0 Å². The summed E-state index contributed by atoms with van der Waals surface area (Å²) in [5, 5.41) is 19.8. The molecule has 3 aromatic rings. The summed E-state index contributed by atoms with van der Waals surface area (Å²) in [5.41, 5.74) is 5.39. The Morgan fingerprint density at radius 1 is 0.547 bits per heavy atom. The lowest BCUT2D eigenvalue weighted by molar-refractivity contribution is -0.139. The van der Waals surface area contributed by atoms with Gasteiger partial charge >= 0.3 is 5.97 Å². The Bertz CT molecular complexity index is 2500. The summed E-state index contributed by atoms with van der Waals surface area (Å²) >= 11 is 0. The number of ether oxygens (including phenoxy) is 3. The standard InChI is InChI=1S/2C18H21N3O3.C11H10N2O3.C7H13NO.2ClH/c2*1-2-3-8-24-15-11-21(12-15)17(23)7-4-13-9-14-5-6-16(22)20-18(14)19-10-13;14-9-3-2-8-5-7(1-4-10(15)16)6-12-11(8)13-9;1-2-3-4-9-7-5-8-6-7;;/h2*2-4,7,9-10,15H,5-6,8,11-12H2,1H3,(H,19,20,22);1,4-6H,2-3H2,(H,15,16)(H,12,13,14);2-3,7-8H,4-6H2,1H3;2*1H/b3-2+,7-4+;3-2-,7-4+;4-1+;;;. The molecule has 3 saturated heterocycles. The molecule has 0 aliphatic carbocycles. The maximum absolute atomic E-state index is 12.1. The number of carboxylic acid groups (broad SMARTS) is 1. The molecule has 0 radical (unpaired) electrons. The highest BCUT2D eigenvalue weighted by Gasteiger charge is 2.31. The molecule has 21 heteroatoms. The van der Waals surface area contributed by atoms with Crippen molar-refractivity contribution in [3.05, 3.63) is 125 Å². The quantitative estimate of drug-likeness (QED) is 0.0863. The SMILES string of the molecule is C/C=C/COC1CN(C(=O)/C=C/c2cnc3c(c2)CCC(=O)N3)C1.C/C=C\COC1CN(C(=O)/C=C/c2cnc3c(c2)CCC(=O)N3)C1.CC=CCOC1CNC1.Cl.Cl.O=C(O)/C=C/c1cnc2c(c1)CCC(=O)N2. The van der Waals surface area contributed by atoms with Gasteiger partial charge < -0.3 is 50.4 Å². The summed E-state index contributed by atoms with van der Waals surface area (Å²) in [7, 11) is 0.